The fraction of sp³-hybridized carbons (Fsp3) is 0.875. The van der Waals surface area contributed by atoms with E-state index in [-0.39, 0.29) is 12.3 Å². The van der Waals surface area contributed by atoms with E-state index < -0.39 is 73.3 Å². The number of carbonyl (C=O) groups excluding carboxylic acids is 4. The Balaban J connectivity index is 2.86. The molecule has 0 aliphatic carbocycles. The predicted molar refractivity (Wildman–Crippen MR) is 244 cm³/mol. The van der Waals surface area contributed by atoms with Gasteiger partial charge in [-0.3, -0.25) is 14.4 Å². The van der Waals surface area contributed by atoms with Crippen LogP contribution in [0.1, 0.15) is 208 Å². The molecule has 1 rings (SSSR count). The van der Waals surface area contributed by atoms with Crippen LogP contribution in [0.15, 0.2) is 12.2 Å². The molecule has 61 heavy (non-hydrogen) atoms. The average Bonchev–Trinajstić information content (AvgIpc) is 3.21. The van der Waals surface area contributed by atoms with E-state index in [9.17, 15) is 34.5 Å². The number of aliphatic hydroxyl groups is 3. The van der Waals surface area contributed by atoms with Crippen molar-refractivity contribution in [2.24, 2.45) is 0 Å². The number of aliphatic hydroxyl groups excluding tert-OH is 3. The number of rotatable bonds is 35. The van der Waals surface area contributed by atoms with E-state index in [0.717, 1.165) is 57.8 Å². The standard InChI is InChI=1S/C48H90N4O9/c1-7-9-11-13-15-17-19-21-22-23-24-26-28-30-32-34-41(55)52(35-33-31-29-27-25-20-18-16-14-12-10-8-2)46-42(44(57)43(56)39(37-53)60-46)51-40(54)36-49-45(58)38(3)50-47(59)61-48(4,5)6/h21-22,38-39,42-44,46,53,56-57H,7-20,23-37H2,1-6H3,(H,49,58)(H,50,59)(H,51,54)/t38-,39+,42+,43+,44+,46+/m0/s1. The van der Waals surface area contributed by atoms with Crippen LogP contribution in [-0.4, -0.2) is 106 Å². The van der Waals surface area contributed by atoms with Crippen molar-refractivity contribution in [3.05, 3.63) is 12.2 Å². The van der Waals surface area contributed by atoms with Crippen LogP contribution in [-0.2, 0) is 23.9 Å². The lowest BCUT2D eigenvalue weighted by Gasteiger charge is -2.47. The summed E-state index contributed by atoms with van der Waals surface area (Å²) in [6.07, 6.45) is 27.4. The number of nitrogens with one attached hydrogen (secondary N) is 3. The summed E-state index contributed by atoms with van der Waals surface area (Å²) in [5.74, 6) is -1.51. The first-order valence-electron chi connectivity index (χ1n) is 24.4. The van der Waals surface area contributed by atoms with Gasteiger partial charge >= 0.3 is 6.09 Å². The van der Waals surface area contributed by atoms with Gasteiger partial charge in [0.2, 0.25) is 17.7 Å². The second-order valence-electron chi connectivity index (χ2n) is 18.2. The summed E-state index contributed by atoms with van der Waals surface area (Å²) in [6.45, 7) is 10.2. The number of alkyl carbamates (subject to hydrolysis) is 1. The van der Waals surface area contributed by atoms with Gasteiger partial charge in [-0.1, -0.05) is 148 Å². The number of unbranched alkanes of at least 4 members (excludes halogenated alkanes) is 22. The van der Waals surface area contributed by atoms with Crippen LogP contribution in [0.2, 0.25) is 0 Å². The topological polar surface area (TPSA) is 187 Å². The van der Waals surface area contributed by atoms with Crippen LogP contribution in [0.25, 0.3) is 0 Å². The molecule has 356 valence electrons. The minimum absolute atomic E-state index is 0.180. The van der Waals surface area contributed by atoms with Crippen molar-refractivity contribution in [2.45, 2.75) is 251 Å². The monoisotopic (exact) mass is 867 g/mol. The molecule has 0 unspecified atom stereocenters. The maximum absolute atomic E-state index is 14.0. The Labute approximate surface area is 370 Å². The van der Waals surface area contributed by atoms with Gasteiger partial charge in [0.25, 0.3) is 0 Å². The highest BCUT2D eigenvalue weighted by Gasteiger charge is 2.48. The van der Waals surface area contributed by atoms with Crippen LogP contribution in [0, 0.1) is 0 Å². The van der Waals surface area contributed by atoms with Gasteiger partial charge in [-0.15, -0.1) is 0 Å². The fourth-order valence-corrected chi connectivity index (χ4v) is 7.64. The van der Waals surface area contributed by atoms with Gasteiger partial charge in [0.15, 0.2) is 6.23 Å². The molecule has 0 spiro atoms. The molecule has 4 amide bonds. The molecule has 1 aliphatic heterocycles. The van der Waals surface area contributed by atoms with E-state index in [2.05, 4.69) is 41.9 Å². The molecule has 13 nitrogen and oxygen atoms in total. The van der Waals surface area contributed by atoms with E-state index in [4.69, 9.17) is 9.47 Å². The molecular formula is C48H90N4O9. The quantitative estimate of drug-likeness (QED) is 0.0268. The molecule has 0 radical (unpaired) electrons. The molecular weight excluding hydrogens is 777 g/mol. The first kappa shape index (κ1) is 56.3. The summed E-state index contributed by atoms with van der Waals surface area (Å²) in [4.78, 5) is 53.7. The first-order valence-corrected chi connectivity index (χ1v) is 24.4. The number of hydrogen-bond donors (Lipinski definition) is 6. The third kappa shape index (κ3) is 27.1. The smallest absolute Gasteiger partial charge is 0.408 e. The maximum atomic E-state index is 14.0. The van der Waals surface area contributed by atoms with Gasteiger partial charge in [-0.05, 0) is 66.2 Å². The SMILES string of the molecule is CCCCCCCCC=CCCCCCCCC(=O)N(CCCCCCCCCCCCCC)[C@@H]1O[C@H](CO)[C@@H](O)[C@H](O)[C@H]1NC(=O)CNC(=O)[C@H](C)NC(=O)OC(C)(C)C. The molecule has 0 saturated carbocycles. The number of allylic oxidation sites excluding steroid dienone is 2. The van der Waals surface area contributed by atoms with Crippen molar-refractivity contribution >= 4 is 23.8 Å². The minimum Gasteiger partial charge on any atom is -0.444 e. The van der Waals surface area contributed by atoms with Crippen LogP contribution in [0.5, 0.6) is 0 Å². The average molecular weight is 867 g/mol. The zero-order chi connectivity index (χ0) is 45.3. The van der Waals surface area contributed by atoms with Gasteiger partial charge in [-0.2, -0.15) is 0 Å². The van der Waals surface area contributed by atoms with Crippen molar-refractivity contribution in [1.29, 1.82) is 0 Å². The number of ether oxygens (including phenoxy) is 2. The Morgan fingerprint density at radius 3 is 1.67 bits per heavy atom. The summed E-state index contributed by atoms with van der Waals surface area (Å²) in [6, 6.07) is -2.25. The number of carbonyl (C=O) groups is 4. The van der Waals surface area contributed by atoms with Gasteiger partial charge in [0.1, 0.15) is 36.0 Å². The van der Waals surface area contributed by atoms with E-state index >= 15 is 0 Å². The maximum Gasteiger partial charge on any atom is 0.408 e. The normalized spacial score (nSPS) is 19.7. The van der Waals surface area contributed by atoms with Gasteiger partial charge in [-0.25, -0.2) is 4.79 Å². The highest BCUT2D eigenvalue weighted by molar-refractivity contribution is 5.89. The Bertz CT molecular complexity index is 1200. The summed E-state index contributed by atoms with van der Waals surface area (Å²) in [5, 5.41) is 39.8. The molecule has 1 heterocycles. The zero-order valence-corrected chi connectivity index (χ0v) is 39.4. The molecule has 13 heteroatoms. The number of hydrogen-bond acceptors (Lipinski definition) is 9. The van der Waals surface area contributed by atoms with Crippen LogP contribution in [0.3, 0.4) is 0 Å². The Hall–Kier alpha value is -2.74. The molecule has 0 aromatic heterocycles. The van der Waals surface area contributed by atoms with Crippen LogP contribution in [0.4, 0.5) is 4.79 Å². The fourth-order valence-electron chi connectivity index (χ4n) is 7.64. The molecule has 0 aromatic rings. The Kier molecular flexibility index (Phi) is 32.0. The molecule has 1 aliphatic rings. The minimum atomic E-state index is -1.57. The Morgan fingerprint density at radius 2 is 1.18 bits per heavy atom. The number of nitrogens with zero attached hydrogens (tertiary/aromatic N) is 1. The van der Waals surface area contributed by atoms with Gasteiger partial charge in [0.05, 0.1) is 13.2 Å². The van der Waals surface area contributed by atoms with Crippen LogP contribution >= 0.6 is 0 Å². The lowest BCUT2D eigenvalue weighted by molar-refractivity contribution is -0.231. The highest BCUT2D eigenvalue weighted by atomic mass is 16.6. The van der Waals surface area contributed by atoms with E-state index in [1.807, 2.05) is 0 Å². The largest absolute Gasteiger partial charge is 0.444 e. The van der Waals surface area contributed by atoms with Gasteiger partial charge in [0, 0.05) is 13.0 Å². The van der Waals surface area contributed by atoms with E-state index in [1.165, 1.54) is 96.8 Å². The van der Waals surface area contributed by atoms with Crippen molar-refractivity contribution < 1.29 is 44.0 Å². The van der Waals surface area contributed by atoms with Crippen LogP contribution < -0.4 is 16.0 Å². The summed E-state index contributed by atoms with van der Waals surface area (Å²) >= 11 is 0. The lowest BCUT2D eigenvalue weighted by atomic mass is 9.94. The molecule has 6 atom stereocenters. The third-order valence-corrected chi connectivity index (χ3v) is 11.3. The van der Waals surface area contributed by atoms with Gasteiger partial charge < -0.3 is 45.6 Å². The Morgan fingerprint density at radius 1 is 0.705 bits per heavy atom. The van der Waals surface area contributed by atoms with E-state index in [0.29, 0.717) is 19.4 Å². The second-order valence-corrected chi connectivity index (χ2v) is 18.2. The first-order chi connectivity index (χ1) is 29.2. The van der Waals surface area contributed by atoms with Crippen molar-refractivity contribution in [3.63, 3.8) is 0 Å². The number of amides is 4. The third-order valence-electron chi connectivity index (χ3n) is 11.3. The molecule has 0 aromatic carbocycles. The summed E-state index contributed by atoms with van der Waals surface area (Å²) in [5.41, 5.74) is -0.759. The summed E-state index contributed by atoms with van der Waals surface area (Å²) in [7, 11) is 0. The predicted octanol–water partition coefficient (Wildman–Crippen LogP) is 8.51. The molecule has 1 saturated heterocycles. The van der Waals surface area contributed by atoms with E-state index in [1.54, 1.807) is 25.7 Å². The lowest BCUT2D eigenvalue weighted by Crippen LogP contribution is -2.69. The van der Waals surface area contributed by atoms with Crippen molar-refractivity contribution in [1.82, 2.24) is 20.9 Å². The highest BCUT2D eigenvalue weighted by Crippen LogP contribution is 2.26. The summed E-state index contributed by atoms with van der Waals surface area (Å²) < 4.78 is 11.3. The van der Waals surface area contributed by atoms with Crippen molar-refractivity contribution in [3.8, 4) is 0 Å². The van der Waals surface area contributed by atoms with Crippen molar-refractivity contribution in [2.75, 3.05) is 19.7 Å². The molecule has 1 fully saturated rings. The molecule has 0 bridgehead atoms. The second kappa shape index (κ2) is 34.7. The zero-order valence-electron chi connectivity index (χ0n) is 39.4. The molecule has 6 N–H and O–H groups in total.